The molecule has 134 valence electrons. The molecular formula is C15H20Cl2N2O4S. The van der Waals surface area contributed by atoms with E-state index in [1.165, 1.54) is 19.2 Å². The number of hydrogen-bond acceptors (Lipinski definition) is 4. The van der Waals surface area contributed by atoms with E-state index in [1.54, 1.807) is 0 Å². The second-order valence-electron chi connectivity index (χ2n) is 5.61. The van der Waals surface area contributed by atoms with Gasteiger partial charge in [0.05, 0.1) is 22.2 Å². The zero-order valence-electron chi connectivity index (χ0n) is 13.3. The summed E-state index contributed by atoms with van der Waals surface area (Å²) in [4.78, 5) is 12.0. The van der Waals surface area contributed by atoms with Crippen LogP contribution in [0.5, 0.6) is 0 Å². The van der Waals surface area contributed by atoms with E-state index in [2.05, 4.69) is 10.0 Å². The lowest BCUT2D eigenvalue weighted by Crippen LogP contribution is -2.33. The molecule has 0 aliphatic heterocycles. The summed E-state index contributed by atoms with van der Waals surface area (Å²) in [6.07, 6.45) is 3.59. The summed E-state index contributed by atoms with van der Waals surface area (Å²) < 4.78 is 32.6. The Morgan fingerprint density at radius 2 is 1.92 bits per heavy atom. The molecule has 1 aliphatic carbocycles. The number of methoxy groups -OCH3 is 1. The maximum absolute atomic E-state index is 12.6. The number of carbonyl (C=O) groups excluding carboxylic acids is 1. The third-order valence-electron chi connectivity index (χ3n) is 3.82. The lowest BCUT2D eigenvalue weighted by atomic mass is 10.2. The molecule has 9 heteroatoms. The number of sulfonamides is 1. The predicted octanol–water partition coefficient (Wildman–Crippen LogP) is 2.59. The average Bonchev–Trinajstić information content (AvgIpc) is 2.99. The van der Waals surface area contributed by atoms with Gasteiger partial charge >= 0.3 is 0 Å². The van der Waals surface area contributed by atoms with Gasteiger partial charge in [0.25, 0.3) is 5.91 Å². The van der Waals surface area contributed by atoms with Crippen molar-refractivity contribution in [3.8, 4) is 0 Å². The molecule has 1 aromatic rings. The minimum atomic E-state index is -3.82. The van der Waals surface area contributed by atoms with E-state index in [1.807, 2.05) is 0 Å². The molecule has 0 unspecified atom stereocenters. The van der Waals surface area contributed by atoms with Crippen LogP contribution in [0.15, 0.2) is 17.0 Å². The molecule has 0 heterocycles. The van der Waals surface area contributed by atoms with Crippen LogP contribution in [0.4, 0.5) is 0 Å². The van der Waals surface area contributed by atoms with Gasteiger partial charge in [0.2, 0.25) is 10.0 Å². The van der Waals surface area contributed by atoms with Gasteiger partial charge < -0.3 is 10.1 Å². The van der Waals surface area contributed by atoms with Crippen molar-refractivity contribution in [3.63, 3.8) is 0 Å². The van der Waals surface area contributed by atoms with Crippen LogP contribution in [0.1, 0.15) is 36.0 Å². The minimum absolute atomic E-state index is 0.0149. The van der Waals surface area contributed by atoms with Crippen LogP contribution in [0.3, 0.4) is 0 Å². The van der Waals surface area contributed by atoms with Gasteiger partial charge in [0.1, 0.15) is 4.90 Å². The van der Waals surface area contributed by atoms with Crippen LogP contribution in [0, 0.1) is 0 Å². The van der Waals surface area contributed by atoms with Gasteiger partial charge in [-0.3, -0.25) is 4.79 Å². The largest absolute Gasteiger partial charge is 0.383 e. The number of carbonyl (C=O) groups is 1. The summed E-state index contributed by atoms with van der Waals surface area (Å²) in [5, 5.41) is 2.68. The molecule has 2 rings (SSSR count). The molecule has 0 radical (unpaired) electrons. The fourth-order valence-corrected chi connectivity index (χ4v) is 4.76. The summed E-state index contributed by atoms with van der Waals surface area (Å²) in [5.41, 5.74) is 0.0592. The van der Waals surface area contributed by atoms with Gasteiger partial charge in [-0.1, -0.05) is 36.0 Å². The molecule has 1 aliphatic rings. The highest BCUT2D eigenvalue weighted by molar-refractivity contribution is 7.89. The number of ether oxygens (including phenoxy) is 1. The molecule has 6 nitrogen and oxygen atoms in total. The van der Waals surface area contributed by atoms with Gasteiger partial charge in [0, 0.05) is 19.7 Å². The van der Waals surface area contributed by atoms with Crippen LogP contribution < -0.4 is 10.0 Å². The Balaban J connectivity index is 2.26. The van der Waals surface area contributed by atoms with Crippen LogP contribution in [-0.2, 0) is 14.8 Å². The fraction of sp³-hybridized carbons (Fsp3) is 0.533. The highest BCUT2D eigenvalue weighted by Crippen LogP contribution is 2.30. The van der Waals surface area contributed by atoms with Gasteiger partial charge in [-0.2, -0.15) is 0 Å². The summed E-state index contributed by atoms with van der Waals surface area (Å²) in [7, 11) is -2.30. The smallest absolute Gasteiger partial charge is 0.252 e. The topological polar surface area (TPSA) is 84.5 Å². The Morgan fingerprint density at radius 3 is 2.54 bits per heavy atom. The second kappa shape index (κ2) is 8.49. The predicted molar refractivity (Wildman–Crippen MR) is 93.2 cm³/mol. The van der Waals surface area contributed by atoms with Crippen LogP contribution >= 0.6 is 23.2 Å². The maximum atomic E-state index is 12.6. The third kappa shape index (κ3) is 4.83. The van der Waals surface area contributed by atoms with Crippen molar-refractivity contribution >= 4 is 39.1 Å². The molecular weight excluding hydrogens is 375 g/mol. The van der Waals surface area contributed by atoms with Crippen molar-refractivity contribution in [2.45, 2.75) is 36.6 Å². The summed E-state index contributed by atoms with van der Waals surface area (Å²) in [6, 6.07) is 2.39. The number of halogens is 2. The molecule has 0 atom stereocenters. The Hall–Kier alpha value is -0.860. The second-order valence-corrected chi connectivity index (χ2v) is 8.11. The van der Waals surface area contributed by atoms with E-state index in [-0.39, 0.29) is 33.1 Å². The first-order valence-corrected chi connectivity index (χ1v) is 9.87. The van der Waals surface area contributed by atoms with E-state index in [4.69, 9.17) is 27.9 Å². The summed E-state index contributed by atoms with van der Waals surface area (Å²) in [5.74, 6) is -0.481. The first kappa shape index (κ1) is 19.5. The minimum Gasteiger partial charge on any atom is -0.383 e. The monoisotopic (exact) mass is 394 g/mol. The van der Waals surface area contributed by atoms with Crippen molar-refractivity contribution in [1.82, 2.24) is 10.0 Å². The van der Waals surface area contributed by atoms with Crippen LogP contribution in [-0.4, -0.2) is 40.6 Å². The van der Waals surface area contributed by atoms with Crippen LogP contribution in [0.2, 0.25) is 10.0 Å². The number of hydrogen-bond donors (Lipinski definition) is 2. The highest BCUT2D eigenvalue weighted by atomic mass is 35.5. The van der Waals surface area contributed by atoms with E-state index >= 15 is 0 Å². The molecule has 0 spiro atoms. The molecule has 0 bridgehead atoms. The highest BCUT2D eigenvalue weighted by Gasteiger charge is 2.26. The quantitative estimate of drug-likeness (QED) is 0.695. The molecule has 1 aromatic carbocycles. The SMILES string of the molecule is COCCNC(=O)c1cc(S(=O)(=O)NC2CCCC2)c(Cl)cc1Cl. The first-order valence-electron chi connectivity index (χ1n) is 7.63. The van der Waals surface area contributed by atoms with Crippen molar-refractivity contribution in [1.29, 1.82) is 0 Å². The molecule has 24 heavy (non-hydrogen) atoms. The Labute approximate surface area is 151 Å². The molecule has 1 saturated carbocycles. The lowest BCUT2D eigenvalue weighted by molar-refractivity contribution is 0.0937. The van der Waals surface area contributed by atoms with Crippen molar-refractivity contribution in [2.24, 2.45) is 0 Å². The Kier molecular flexibility index (Phi) is 6.88. The number of nitrogens with one attached hydrogen (secondary N) is 2. The lowest BCUT2D eigenvalue weighted by Gasteiger charge is -2.15. The third-order valence-corrected chi connectivity index (χ3v) is 6.12. The number of rotatable bonds is 7. The molecule has 2 N–H and O–H groups in total. The van der Waals surface area contributed by atoms with Gasteiger partial charge in [-0.15, -0.1) is 0 Å². The maximum Gasteiger partial charge on any atom is 0.252 e. The van der Waals surface area contributed by atoms with Crippen molar-refractivity contribution in [3.05, 3.63) is 27.7 Å². The fourth-order valence-electron chi connectivity index (χ4n) is 2.60. The first-order chi connectivity index (χ1) is 11.3. The zero-order chi connectivity index (χ0) is 17.7. The molecule has 0 aromatic heterocycles. The van der Waals surface area contributed by atoms with E-state index in [0.717, 1.165) is 25.7 Å². The van der Waals surface area contributed by atoms with Gasteiger partial charge in [-0.05, 0) is 25.0 Å². The standard InChI is InChI=1S/C15H20Cl2N2O4S/c1-23-7-6-18-15(20)11-8-14(13(17)9-12(11)16)24(21,22)19-10-4-2-3-5-10/h8-10,19H,2-7H2,1H3,(H,18,20). The summed E-state index contributed by atoms with van der Waals surface area (Å²) in [6.45, 7) is 0.627. The van der Waals surface area contributed by atoms with Crippen molar-refractivity contribution in [2.75, 3.05) is 20.3 Å². The van der Waals surface area contributed by atoms with E-state index in [9.17, 15) is 13.2 Å². The van der Waals surface area contributed by atoms with Crippen LogP contribution in [0.25, 0.3) is 0 Å². The Morgan fingerprint density at radius 1 is 1.25 bits per heavy atom. The normalized spacial score (nSPS) is 15.6. The van der Waals surface area contributed by atoms with Crippen molar-refractivity contribution < 1.29 is 17.9 Å². The number of amides is 1. The molecule has 1 amide bonds. The van der Waals surface area contributed by atoms with E-state index in [0.29, 0.717) is 6.61 Å². The Bertz CT molecular complexity index is 704. The average molecular weight is 395 g/mol. The van der Waals surface area contributed by atoms with E-state index < -0.39 is 15.9 Å². The molecule has 0 saturated heterocycles. The summed E-state index contributed by atoms with van der Waals surface area (Å²) >= 11 is 12.1. The van der Waals surface area contributed by atoms with Gasteiger partial charge in [-0.25, -0.2) is 13.1 Å². The molecule has 1 fully saturated rings. The number of benzene rings is 1. The van der Waals surface area contributed by atoms with Gasteiger partial charge in [0.15, 0.2) is 0 Å². The zero-order valence-corrected chi connectivity index (χ0v) is 15.6.